The van der Waals surface area contributed by atoms with E-state index in [9.17, 15) is 5.26 Å². The lowest BCUT2D eigenvalue weighted by Crippen LogP contribution is -2.32. The molecule has 0 fully saturated rings. The Morgan fingerprint density at radius 2 is 1.91 bits per heavy atom. The predicted molar refractivity (Wildman–Crippen MR) is 96.8 cm³/mol. The first-order valence-corrected chi connectivity index (χ1v) is 8.31. The van der Waals surface area contributed by atoms with Crippen LogP contribution in [0.2, 0.25) is 5.02 Å². The summed E-state index contributed by atoms with van der Waals surface area (Å²) in [4.78, 5) is 2.27. The van der Waals surface area contributed by atoms with Gasteiger partial charge in [0.1, 0.15) is 0 Å². The van der Waals surface area contributed by atoms with E-state index in [-0.39, 0.29) is 0 Å². The van der Waals surface area contributed by atoms with Crippen LogP contribution in [0, 0.1) is 11.3 Å². The van der Waals surface area contributed by atoms with Crippen molar-refractivity contribution in [2.24, 2.45) is 0 Å². The van der Waals surface area contributed by atoms with Crippen molar-refractivity contribution in [3.63, 3.8) is 0 Å². The van der Waals surface area contributed by atoms with E-state index < -0.39 is 0 Å². The lowest BCUT2D eigenvalue weighted by molar-refractivity contribution is 0.648. The summed E-state index contributed by atoms with van der Waals surface area (Å²) in [5, 5.41) is 13.4. The highest BCUT2D eigenvalue weighted by atomic mass is 35.5. The lowest BCUT2D eigenvalue weighted by Gasteiger charge is -2.25. The number of anilines is 1. The first-order chi connectivity index (χ1) is 11.2. The Bertz CT molecular complexity index is 649. The van der Waals surface area contributed by atoms with Crippen LogP contribution in [-0.2, 0) is 6.54 Å². The van der Waals surface area contributed by atoms with Crippen LogP contribution >= 0.6 is 11.6 Å². The average molecular weight is 328 g/mol. The van der Waals surface area contributed by atoms with Crippen LogP contribution in [0.1, 0.15) is 24.5 Å². The number of nitrogens with zero attached hydrogens (tertiary/aromatic N) is 2. The molecule has 0 spiro atoms. The molecule has 0 aromatic heterocycles. The van der Waals surface area contributed by atoms with Crippen molar-refractivity contribution in [2.45, 2.75) is 19.9 Å². The minimum Gasteiger partial charge on any atom is -0.366 e. The first-order valence-electron chi connectivity index (χ1n) is 7.94. The summed E-state index contributed by atoms with van der Waals surface area (Å²) in [6, 6.07) is 18.0. The molecule has 0 amide bonds. The Labute approximate surface area is 143 Å². The first kappa shape index (κ1) is 17.3. The SMILES string of the molecule is CCCNCCN(Cc1cc(Cl)ccc1C#N)c1ccccc1. The molecule has 1 N–H and O–H groups in total. The van der Waals surface area contributed by atoms with Gasteiger partial charge in [0.2, 0.25) is 0 Å². The second-order valence-corrected chi connectivity index (χ2v) is 5.86. The van der Waals surface area contributed by atoms with Crippen molar-refractivity contribution >= 4 is 17.3 Å². The van der Waals surface area contributed by atoms with Gasteiger partial charge >= 0.3 is 0 Å². The van der Waals surface area contributed by atoms with E-state index in [1.54, 1.807) is 12.1 Å². The van der Waals surface area contributed by atoms with Crippen LogP contribution in [0.4, 0.5) is 5.69 Å². The maximum atomic E-state index is 9.31. The third kappa shape index (κ3) is 5.28. The van der Waals surface area contributed by atoms with Gasteiger partial charge in [-0.15, -0.1) is 0 Å². The van der Waals surface area contributed by atoms with Crippen molar-refractivity contribution in [3.05, 3.63) is 64.7 Å². The van der Waals surface area contributed by atoms with Gasteiger partial charge in [-0.05, 0) is 48.9 Å². The number of benzene rings is 2. The predicted octanol–water partition coefficient (Wildman–Crippen LogP) is 4.22. The van der Waals surface area contributed by atoms with E-state index in [1.807, 2.05) is 24.3 Å². The molecule has 4 heteroatoms. The fourth-order valence-electron chi connectivity index (χ4n) is 2.46. The third-order valence-electron chi connectivity index (χ3n) is 3.66. The van der Waals surface area contributed by atoms with Gasteiger partial charge in [-0.3, -0.25) is 0 Å². The zero-order valence-corrected chi connectivity index (χ0v) is 14.2. The number of nitriles is 1. The normalized spacial score (nSPS) is 10.3. The van der Waals surface area contributed by atoms with Crippen molar-refractivity contribution in [1.82, 2.24) is 5.32 Å². The minimum atomic E-state index is 0.663. The number of para-hydroxylation sites is 1. The molecule has 2 aromatic carbocycles. The molecule has 0 radical (unpaired) electrons. The van der Waals surface area contributed by atoms with Crippen molar-refractivity contribution in [2.75, 3.05) is 24.5 Å². The van der Waals surface area contributed by atoms with Gasteiger partial charge < -0.3 is 10.2 Å². The van der Waals surface area contributed by atoms with Crippen LogP contribution in [0.25, 0.3) is 0 Å². The molecular formula is C19H22ClN3. The van der Waals surface area contributed by atoms with E-state index in [0.717, 1.165) is 37.3 Å². The Morgan fingerprint density at radius 3 is 2.61 bits per heavy atom. The summed E-state index contributed by atoms with van der Waals surface area (Å²) in [5.74, 6) is 0. The number of rotatable bonds is 8. The summed E-state index contributed by atoms with van der Waals surface area (Å²) in [6.07, 6.45) is 1.12. The quantitative estimate of drug-likeness (QED) is 0.738. The molecule has 0 bridgehead atoms. The molecule has 23 heavy (non-hydrogen) atoms. The standard InChI is InChI=1S/C19H22ClN3/c1-2-10-22-11-12-23(19-6-4-3-5-7-19)15-17-13-18(20)9-8-16(17)14-21/h3-9,13,22H,2,10-12,15H2,1H3. The molecular weight excluding hydrogens is 306 g/mol. The number of hydrogen-bond donors (Lipinski definition) is 1. The van der Waals surface area contributed by atoms with Gasteiger partial charge in [-0.2, -0.15) is 5.26 Å². The summed E-state index contributed by atoms with van der Waals surface area (Å²) < 4.78 is 0. The lowest BCUT2D eigenvalue weighted by atomic mass is 10.1. The fraction of sp³-hybridized carbons (Fsp3) is 0.316. The largest absolute Gasteiger partial charge is 0.366 e. The van der Waals surface area contributed by atoms with E-state index in [4.69, 9.17) is 11.6 Å². The molecule has 0 saturated heterocycles. The summed E-state index contributed by atoms with van der Waals surface area (Å²) in [6.45, 7) is 5.63. The van der Waals surface area contributed by atoms with Gasteiger partial charge in [0.15, 0.2) is 0 Å². The smallest absolute Gasteiger partial charge is 0.0995 e. The molecule has 2 aromatic rings. The Hall–Kier alpha value is -2.02. The molecule has 120 valence electrons. The van der Waals surface area contributed by atoms with Gasteiger partial charge in [-0.25, -0.2) is 0 Å². The van der Waals surface area contributed by atoms with Crippen LogP contribution in [-0.4, -0.2) is 19.6 Å². The molecule has 0 aliphatic carbocycles. The van der Waals surface area contributed by atoms with Crippen LogP contribution in [0.15, 0.2) is 48.5 Å². The Morgan fingerprint density at radius 1 is 1.13 bits per heavy atom. The molecule has 0 aliphatic rings. The number of halogens is 1. The fourth-order valence-corrected chi connectivity index (χ4v) is 2.66. The van der Waals surface area contributed by atoms with Crippen LogP contribution in [0.5, 0.6) is 0 Å². The van der Waals surface area contributed by atoms with Crippen molar-refractivity contribution < 1.29 is 0 Å². The van der Waals surface area contributed by atoms with Crippen molar-refractivity contribution in [1.29, 1.82) is 5.26 Å². The molecule has 0 saturated carbocycles. The van der Waals surface area contributed by atoms with Gasteiger partial charge in [0.05, 0.1) is 11.6 Å². The van der Waals surface area contributed by atoms with Crippen LogP contribution in [0.3, 0.4) is 0 Å². The molecule has 0 atom stereocenters. The third-order valence-corrected chi connectivity index (χ3v) is 3.89. The molecule has 0 aliphatic heterocycles. The highest BCUT2D eigenvalue weighted by molar-refractivity contribution is 6.30. The van der Waals surface area contributed by atoms with E-state index >= 15 is 0 Å². The summed E-state index contributed by atoms with van der Waals surface area (Å²) in [5.41, 5.74) is 2.78. The minimum absolute atomic E-state index is 0.663. The highest BCUT2D eigenvalue weighted by Crippen LogP contribution is 2.21. The molecule has 0 heterocycles. The van der Waals surface area contributed by atoms with Gasteiger partial charge in [0, 0.05) is 30.3 Å². The topological polar surface area (TPSA) is 39.1 Å². The zero-order valence-electron chi connectivity index (χ0n) is 13.4. The molecule has 3 nitrogen and oxygen atoms in total. The summed E-state index contributed by atoms with van der Waals surface area (Å²) in [7, 11) is 0. The zero-order chi connectivity index (χ0) is 16.5. The Balaban J connectivity index is 2.17. The van der Waals surface area contributed by atoms with E-state index in [0.29, 0.717) is 17.1 Å². The Kier molecular flexibility index (Phi) is 6.93. The molecule has 0 unspecified atom stereocenters. The van der Waals surface area contributed by atoms with Crippen LogP contribution < -0.4 is 10.2 Å². The van der Waals surface area contributed by atoms with E-state index in [1.165, 1.54) is 0 Å². The summed E-state index contributed by atoms with van der Waals surface area (Å²) >= 11 is 6.11. The van der Waals surface area contributed by atoms with Gasteiger partial charge in [0.25, 0.3) is 0 Å². The van der Waals surface area contributed by atoms with Crippen molar-refractivity contribution in [3.8, 4) is 6.07 Å². The second-order valence-electron chi connectivity index (χ2n) is 5.42. The average Bonchev–Trinajstić information content (AvgIpc) is 2.58. The highest BCUT2D eigenvalue weighted by Gasteiger charge is 2.10. The maximum Gasteiger partial charge on any atom is 0.0995 e. The maximum absolute atomic E-state index is 9.31. The number of hydrogen-bond acceptors (Lipinski definition) is 3. The second kappa shape index (κ2) is 9.19. The van der Waals surface area contributed by atoms with E-state index in [2.05, 4.69) is 35.3 Å². The monoisotopic (exact) mass is 327 g/mol. The molecule has 2 rings (SSSR count). The van der Waals surface area contributed by atoms with Gasteiger partial charge in [-0.1, -0.05) is 36.7 Å². The number of nitrogens with one attached hydrogen (secondary N) is 1.